The van der Waals surface area contributed by atoms with Crippen LogP contribution in [0.15, 0.2) is 70.9 Å². The Morgan fingerprint density at radius 1 is 0.611 bits per heavy atom. The molecule has 0 amide bonds. The number of fused-ring (bicyclic) bond motifs is 3. The van der Waals surface area contributed by atoms with Gasteiger partial charge >= 0.3 is 0 Å². The van der Waals surface area contributed by atoms with Gasteiger partial charge < -0.3 is 0 Å². The van der Waals surface area contributed by atoms with E-state index in [4.69, 9.17) is 0 Å². The zero-order valence-corrected chi connectivity index (χ0v) is 9.13. The van der Waals surface area contributed by atoms with Gasteiger partial charge in [0.25, 0.3) is 0 Å². The average molecular weight is 252 g/mol. The van der Waals surface area contributed by atoms with E-state index in [0.29, 0.717) is 11.1 Å². The zero-order valence-electron chi connectivity index (χ0n) is 9.13. The van der Waals surface area contributed by atoms with Gasteiger partial charge in [0, 0.05) is 24.0 Å². The molecule has 0 aromatic carbocycles. The maximum Gasteiger partial charge on any atom is 0.126 e. The summed E-state index contributed by atoms with van der Waals surface area (Å²) in [5.41, 5.74) is 0.723. The lowest BCUT2D eigenvalue weighted by Gasteiger charge is -2.32. The molecule has 2 atom stereocenters. The number of rotatable bonds is 0. The second kappa shape index (κ2) is 3.83. The second-order valence-electron chi connectivity index (χ2n) is 4.41. The maximum absolute atomic E-state index is 13.8. The van der Waals surface area contributed by atoms with Crippen molar-refractivity contribution in [2.75, 3.05) is 0 Å². The van der Waals surface area contributed by atoms with Gasteiger partial charge in [-0.1, -0.05) is 12.2 Å². The van der Waals surface area contributed by atoms with Gasteiger partial charge in [-0.15, -0.1) is 0 Å². The molecular weight excluding hydrogens is 244 g/mol. The van der Waals surface area contributed by atoms with Crippen molar-refractivity contribution in [3.63, 3.8) is 0 Å². The van der Waals surface area contributed by atoms with E-state index in [1.54, 1.807) is 0 Å². The van der Waals surface area contributed by atoms with Crippen LogP contribution in [0, 0.1) is 11.8 Å². The summed E-state index contributed by atoms with van der Waals surface area (Å²) >= 11 is 0. The van der Waals surface area contributed by atoms with Crippen LogP contribution < -0.4 is 0 Å². The summed E-state index contributed by atoms with van der Waals surface area (Å²) in [6.07, 6.45) is 6.81. The molecular formula is C14H8F4. The predicted octanol–water partition coefficient (Wildman–Crippen LogP) is 4.53. The molecule has 0 bridgehead atoms. The molecule has 0 aliphatic heterocycles. The van der Waals surface area contributed by atoms with Gasteiger partial charge in [-0.2, -0.15) is 0 Å². The fourth-order valence-corrected chi connectivity index (χ4v) is 2.54. The number of hydrogen-bond acceptors (Lipinski definition) is 0. The molecule has 0 fully saturated rings. The van der Waals surface area contributed by atoms with Crippen LogP contribution in [-0.4, -0.2) is 0 Å². The topological polar surface area (TPSA) is 0 Å². The summed E-state index contributed by atoms with van der Waals surface area (Å²) in [5, 5.41) is 0. The molecule has 0 aromatic heterocycles. The van der Waals surface area contributed by atoms with Gasteiger partial charge in [0.05, 0.1) is 0 Å². The Morgan fingerprint density at radius 2 is 1.00 bits per heavy atom. The highest BCUT2D eigenvalue weighted by molar-refractivity contribution is 5.52. The first kappa shape index (κ1) is 11.3. The van der Waals surface area contributed by atoms with Crippen LogP contribution in [0.25, 0.3) is 0 Å². The van der Waals surface area contributed by atoms with Gasteiger partial charge in [0.2, 0.25) is 0 Å². The molecule has 4 heteroatoms. The largest absolute Gasteiger partial charge is 0.211 e. The third-order valence-electron chi connectivity index (χ3n) is 3.27. The van der Waals surface area contributed by atoms with Crippen LogP contribution in [-0.2, 0) is 0 Å². The lowest BCUT2D eigenvalue weighted by molar-refractivity contribution is 0.380. The monoisotopic (exact) mass is 252 g/mol. The Kier molecular flexibility index (Phi) is 2.40. The minimum absolute atomic E-state index is 0.362. The molecule has 0 heterocycles. The summed E-state index contributed by atoms with van der Waals surface area (Å²) in [6, 6.07) is 0. The van der Waals surface area contributed by atoms with Crippen molar-refractivity contribution >= 4 is 0 Å². The predicted molar refractivity (Wildman–Crippen MR) is 59.9 cm³/mol. The van der Waals surface area contributed by atoms with E-state index in [0.717, 1.165) is 12.2 Å². The number of hydrogen-bond donors (Lipinski definition) is 0. The van der Waals surface area contributed by atoms with E-state index in [-0.39, 0.29) is 0 Å². The third-order valence-corrected chi connectivity index (χ3v) is 3.27. The molecule has 3 rings (SSSR count). The lowest BCUT2D eigenvalue weighted by atomic mass is 9.72. The van der Waals surface area contributed by atoms with Gasteiger partial charge in [-0.3, -0.25) is 0 Å². The highest BCUT2D eigenvalue weighted by Crippen LogP contribution is 2.47. The smallest absolute Gasteiger partial charge is 0.126 e. The van der Waals surface area contributed by atoms with Crippen molar-refractivity contribution in [1.82, 2.24) is 0 Å². The van der Waals surface area contributed by atoms with Crippen molar-refractivity contribution < 1.29 is 17.6 Å². The van der Waals surface area contributed by atoms with Crippen molar-refractivity contribution in [3.05, 3.63) is 70.9 Å². The van der Waals surface area contributed by atoms with E-state index < -0.39 is 35.1 Å². The third kappa shape index (κ3) is 1.60. The first-order valence-electron chi connectivity index (χ1n) is 5.46. The molecule has 0 spiro atoms. The normalized spacial score (nSPS) is 30.0. The van der Waals surface area contributed by atoms with Crippen LogP contribution in [0.3, 0.4) is 0 Å². The van der Waals surface area contributed by atoms with Crippen LogP contribution in [0.2, 0.25) is 0 Å². The number of halogens is 4. The molecule has 0 saturated heterocycles. The van der Waals surface area contributed by atoms with E-state index in [2.05, 4.69) is 0 Å². The highest BCUT2D eigenvalue weighted by Gasteiger charge is 2.38. The Bertz CT molecular complexity index is 545. The standard InChI is InChI=1S/C14H8F4/c15-9-3-7-1-2-8-4-10(16)6-12(18)14(8)13(7)11(17)5-9/h1-6,13-14H. The summed E-state index contributed by atoms with van der Waals surface area (Å²) in [4.78, 5) is 0. The lowest BCUT2D eigenvalue weighted by Crippen LogP contribution is -2.25. The summed E-state index contributed by atoms with van der Waals surface area (Å²) < 4.78 is 53.8. The molecule has 0 nitrogen and oxygen atoms in total. The average Bonchev–Trinajstić information content (AvgIpc) is 2.28. The Morgan fingerprint density at radius 3 is 1.39 bits per heavy atom. The van der Waals surface area contributed by atoms with E-state index in [1.807, 2.05) is 0 Å². The van der Waals surface area contributed by atoms with Crippen molar-refractivity contribution in [1.29, 1.82) is 0 Å². The molecule has 0 N–H and O–H groups in total. The molecule has 18 heavy (non-hydrogen) atoms. The fourth-order valence-electron chi connectivity index (χ4n) is 2.54. The Balaban J connectivity index is 2.13. The molecule has 0 radical (unpaired) electrons. The van der Waals surface area contributed by atoms with Crippen molar-refractivity contribution in [3.8, 4) is 0 Å². The first-order chi connectivity index (χ1) is 8.56. The van der Waals surface area contributed by atoms with Gasteiger partial charge in [-0.05, 0) is 23.3 Å². The Labute approximate surface area is 101 Å². The Hall–Kier alpha value is -1.84. The second-order valence-corrected chi connectivity index (χ2v) is 4.41. The molecule has 92 valence electrons. The minimum Gasteiger partial charge on any atom is -0.211 e. The maximum atomic E-state index is 13.8. The van der Waals surface area contributed by atoms with E-state index >= 15 is 0 Å². The fraction of sp³-hybridized carbons (Fsp3) is 0.143. The number of allylic oxidation sites excluding steroid dienone is 12. The first-order valence-corrected chi connectivity index (χ1v) is 5.46. The zero-order chi connectivity index (χ0) is 12.9. The van der Waals surface area contributed by atoms with Crippen LogP contribution in [0.4, 0.5) is 17.6 Å². The van der Waals surface area contributed by atoms with Crippen molar-refractivity contribution in [2.45, 2.75) is 0 Å². The van der Waals surface area contributed by atoms with E-state index in [1.165, 1.54) is 24.3 Å². The van der Waals surface area contributed by atoms with Crippen molar-refractivity contribution in [2.24, 2.45) is 11.8 Å². The van der Waals surface area contributed by atoms with Gasteiger partial charge in [0.1, 0.15) is 23.3 Å². The minimum atomic E-state index is -0.898. The summed E-state index contributed by atoms with van der Waals surface area (Å²) in [7, 11) is 0. The highest BCUT2D eigenvalue weighted by atomic mass is 19.1. The van der Waals surface area contributed by atoms with Gasteiger partial charge in [-0.25, -0.2) is 17.6 Å². The van der Waals surface area contributed by atoms with Crippen LogP contribution in [0.1, 0.15) is 0 Å². The van der Waals surface area contributed by atoms with E-state index in [9.17, 15) is 17.6 Å². The summed E-state index contributed by atoms with van der Waals surface area (Å²) in [6.45, 7) is 0. The summed E-state index contributed by atoms with van der Waals surface area (Å²) in [5.74, 6) is -4.68. The van der Waals surface area contributed by atoms with Crippen LogP contribution >= 0.6 is 0 Å². The van der Waals surface area contributed by atoms with Crippen LogP contribution in [0.5, 0.6) is 0 Å². The quantitative estimate of drug-likeness (QED) is 0.556. The molecule has 2 unspecified atom stereocenters. The molecule has 0 saturated carbocycles. The molecule has 3 aliphatic carbocycles. The van der Waals surface area contributed by atoms with Gasteiger partial charge in [0.15, 0.2) is 0 Å². The molecule has 3 aliphatic rings. The SMILES string of the molecule is FC1=CC2=CC=C3C=C(F)C=C(F)C3C2C(F)=C1. The molecule has 0 aromatic rings.